The van der Waals surface area contributed by atoms with Gasteiger partial charge in [0.1, 0.15) is 0 Å². The van der Waals surface area contributed by atoms with Gasteiger partial charge in [-0.2, -0.15) is 0 Å². The molecule has 0 aliphatic heterocycles. The lowest BCUT2D eigenvalue weighted by molar-refractivity contribution is -0.124. The molecular formula is C30H60N2O5. The van der Waals surface area contributed by atoms with Crippen molar-refractivity contribution in [3.63, 3.8) is 0 Å². The molecule has 0 saturated heterocycles. The molecule has 7 nitrogen and oxygen atoms in total. The number of hydrogen-bond acceptors (Lipinski definition) is 5. The molecule has 37 heavy (non-hydrogen) atoms. The van der Waals surface area contributed by atoms with Crippen LogP contribution in [0.1, 0.15) is 127 Å². The first-order valence-corrected chi connectivity index (χ1v) is 14.3. The number of carbonyl (C=O) groups excluding carboxylic acids is 2. The highest BCUT2D eigenvalue weighted by Crippen LogP contribution is 2.23. The summed E-state index contributed by atoms with van der Waals surface area (Å²) in [5, 5.41) is 6.08. The standard InChI is InChI=1S/C30H60N2O5/c1-27(2,3)17-11-12-20-35-24-16-26(34)32-29(7,8)18-19-30(9,10)37-22-14-13-21-36-23-15-25(33)31-28(4,5)6/h11-24H2,1-10H3,(H,31,33)(H,32,34). The van der Waals surface area contributed by atoms with Crippen molar-refractivity contribution in [2.45, 2.75) is 144 Å². The zero-order valence-corrected chi connectivity index (χ0v) is 25.9. The van der Waals surface area contributed by atoms with Gasteiger partial charge < -0.3 is 24.8 Å². The molecule has 0 rings (SSSR count). The Hall–Kier alpha value is -1.18. The van der Waals surface area contributed by atoms with Crippen molar-refractivity contribution in [2.24, 2.45) is 5.41 Å². The van der Waals surface area contributed by atoms with Crippen LogP contribution in [-0.2, 0) is 23.8 Å². The van der Waals surface area contributed by atoms with Crippen LogP contribution < -0.4 is 10.6 Å². The summed E-state index contributed by atoms with van der Waals surface area (Å²) in [6.45, 7) is 23.9. The molecule has 0 aliphatic rings. The van der Waals surface area contributed by atoms with E-state index in [-0.39, 0.29) is 28.5 Å². The molecule has 0 radical (unpaired) electrons. The zero-order valence-electron chi connectivity index (χ0n) is 25.9. The fourth-order valence-corrected chi connectivity index (χ4v) is 3.72. The Bertz CT molecular complexity index is 633. The molecule has 0 aliphatic carbocycles. The van der Waals surface area contributed by atoms with Crippen LogP contribution in [0.5, 0.6) is 0 Å². The monoisotopic (exact) mass is 528 g/mol. The number of unbranched alkanes of at least 4 members (excludes halogenated alkanes) is 2. The second-order valence-electron chi connectivity index (χ2n) is 13.8. The molecule has 0 aromatic rings. The lowest BCUT2D eigenvalue weighted by Crippen LogP contribution is -2.45. The van der Waals surface area contributed by atoms with Crippen LogP contribution in [0.25, 0.3) is 0 Å². The van der Waals surface area contributed by atoms with Crippen molar-refractivity contribution in [2.75, 3.05) is 33.0 Å². The van der Waals surface area contributed by atoms with Crippen molar-refractivity contribution >= 4 is 11.8 Å². The van der Waals surface area contributed by atoms with Crippen LogP contribution in [0.2, 0.25) is 0 Å². The van der Waals surface area contributed by atoms with E-state index >= 15 is 0 Å². The number of nitrogens with one attached hydrogen (secondary N) is 2. The molecule has 220 valence electrons. The van der Waals surface area contributed by atoms with E-state index in [2.05, 4.69) is 59.1 Å². The van der Waals surface area contributed by atoms with E-state index in [1.165, 1.54) is 6.42 Å². The summed E-state index contributed by atoms with van der Waals surface area (Å²) in [5.74, 6) is 0.0569. The largest absolute Gasteiger partial charge is 0.381 e. The van der Waals surface area contributed by atoms with Gasteiger partial charge in [-0.3, -0.25) is 9.59 Å². The summed E-state index contributed by atoms with van der Waals surface area (Å²) in [5.41, 5.74) is -0.392. The van der Waals surface area contributed by atoms with Gasteiger partial charge in [-0.1, -0.05) is 27.2 Å². The number of hydrogen-bond donors (Lipinski definition) is 2. The lowest BCUT2D eigenvalue weighted by atomic mass is 9.90. The summed E-state index contributed by atoms with van der Waals surface area (Å²) in [6.07, 6.45) is 7.67. The predicted molar refractivity (Wildman–Crippen MR) is 153 cm³/mol. The van der Waals surface area contributed by atoms with Gasteiger partial charge in [-0.05, 0) is 92.4 Å². The molecule has 0 fully saturated rings. The molecule has 0 unspecified atom stereocenters. The Balaban J connectivity index is 3.90. The Labute approximate surface area is 228 Å². The van der Waals surface area contributed by atoms with Crippen LogP contribution in [0, 0.1) is 5.41 Å². The van der Waals surface area contributed by atoms with Gasteiger partial charge in [0, 0.05) is 43.7 Å². The minimum atomic E-state index is -0.294. The minimum absolute atomic E-state index is 0.0205. The van der Waals surface area contributed by atoms with Gasteiger partial charge in [0.25, 0.3) is 0 Å². The predicted octanol–water partition coefficient (Wildman–Crippen LogP) is 6.18. The molecule has 0 spiro atoms. The number of rotatable bonds is 20. The van der Waals surface area contributed by atoms with Gasteiger partial charge in [0.2, 0.25) is 11.8 Å². The van der Waals surface area contributed by atoms with Crippen LogP contribution in [0.3, 0.4) is 0 Å². The van der Waals surface area contributed by atoms with Crippen molar-refractivity contribution in [1.29, 1.82) is 0 Å². The molecule has 7 heteroatoms. The van der Waals surface area contributed by atoms with Crippen LogP contribution in [0.4, 0.5) is 0 Å². The van der Waals surface area contributed by atoms with Crippen LogP contribution >= 0.6 is 0 Å². The maximum atomic E-state index is 12.4. The molecule has 0 atom stereocenters. The molecular weight excluding hydrogens is 468 g/mol. The first-order valence-electron chi connectivity index (χ1n) is 14.3. The van der Waals surface area contributed by atoms with Gasteiger partial charge in [0.05, 0.1) is 18.8 Å². The number of ether oxygens (including phenoxy) is 3. The first-order chi connectivity index (χ1) is 16.9. The summed E-state index contributed by atoms with van der Waals surface area (Å²) in [7, 11) is 0. The maximum absolute atomic E-state index is 12.4. The number of amides is 2. The van der Waals surface area contributed by atoms with Crippen molar-refractivity contribution in [3.8, 4) is 0 Å². The normalized spacial score (nSPS) is 13.0. The lowest BCUT2D eigenvalue weighted by Gasteiger charge is -2.32. The molecule has 2 N–H and O–H groups in total. The molecule has 0 saturated carbocycles. The van der Waals surface area contributed by atoms with Gasteiger partial charge in [0.15, 0.2) is 0 Å². The van der Waals surface area contributed by atoms with E-state index in [1.807, 2.05) is 20.8 Å². The molecule has 0 bridgehead atoms. The van der Waals surface area contributed by atoms with Crippen LogP contribution in [0.15, 0.2) is 0 Å². The second-order valence-corrected chi connectivity index (χ2v) is 13.8. The molecule has 2 amide bonds. The Morgan fingerprint density at radius 2 is 1.05 bits per heavy atom. The quantitative estimate of drug-likeness (QED) is 0.184. The van der Waals surface area contributed by atoms with E-state index in [9.17, 15) is 9.59 Å². The SMILES string of the molecule is CC(C)(C)CCCCOCCC(=O)NC(C)(C)CCC(C)(C)OCCCCOCCC(=O)NC(C)(C)C. The number of carbonyl (C=O) groups is 2. The Kier molecular flexibility index (Phi) is 16.9. The van der Waals surface area contributed by atoms with Crippen LogP contribution in [-0.4, -0.2) is 61.5 Å². The van der Waals surface area contributed by atoms with E-state index in [0.29, 0.717) is 44.7 Å². The maximum Gasteiger partial charge on any atom is 0.222 e. The van der Waals surface area contributed by atoms with Crippen molar-refractivity contribution in [3.05, 3.63) is 0 Å². The summed E-state index contributed by atoms with van der Waals surface area (Å²) < 4.78 is 17.3. The van der Waals surface area contributed by atoms with Gasteiger partial charge in [-0.25, -0.2) is 0 Å². The highest BCUT2D eigenvalue weighted by molar-refractivity contribution is 5.77. The summed E-state index contributed by atoms with van der Waals surface area (Å²) in [4.78, 5) is 24.1. The highest BCUT2D eigenvalue weighted by Gasteiger charge is 2.26. The van der Waals surface area contributed by atoms with Gasteiger partial charge in [-0.15, -0.1) is 0 Å². The molecule has 0 aromatic carbocycles. The highest BCUT2D eigenvalue weighted by atomic mass is 16.5. The average molecular weight is 529 g/mol. The Morgan fingerprint density at radius 3 is 1.57 bits per heavy atom. The third-order valence-electron chi connectivity index (χ3n) is 5.93. The second kappa shape index (κ2) is 17.4. The summed E-state index contributed by atoms with van der Waals surface area (Å²) in [6, 6.07) is 0. The third kappa shape index (κ3) is 24.9. The fraction of sp³-hybridized carbons (Fsp3) is 0.933. The topological polar surface area (TPSA) is 85.9 Å². The molecule has 0 heterocycles. The van der Waals surface area contributed by atoms with Crippen molar-refractivity contribution < 1.29 is 23.8 Å². The smallest absolute Gasteiger partial charge is 0.222 e. The fourth-order valence-electron chi connectivity index (χ4n) is 3.72. The summed E-state index contributed by atoms with van der Waals surface area (Å²) >= 11 is 0. The average Bonchev–Trinajstić information content (AvgIpc) is 2.71. The minimum Gasteiger partial charge on any atom is -0.381 e. The van der Waals surface area contributed by atoms with E-state index in [4.69, 9.17) is 14.2 Å². The first kappa shape index (κ1) is 35.8. The van der Waals surface area contributed by atoms with E-state index in [1.54, 1.807) is 0 Å². The Morgan fingerprint density at radius 1 is 0.568 bits per heavy atom. The van der Waals surface area contributed by atoms with E-state index in [0.717, 1.165) is 45.1 Å². The van der Waals surface area contributed by atoms with Crippen molar-refractivity contribution in [1.82, 2.24) is 10.6 Å². The zero-order chi connectivity index (χ0) is 28.6. The van der Waals surface area contributed by atoms with Gasteiger partial charge >= 0.3 is 0 Å². The third-order valence-corrected chi connectivity index (χ3v) is 5.93. The molecule has 0 aromatic heterocycles. The van der Waals surface area contributed by atoms with E-state index < -0.39 is 0 Å².